The van der Waals surface area contributed by atoms with Gasteiger partial charge in [0.2, 0.25) is 0 Å². The zero-order chi connectivity index (χ0) is 14.9. The molecule has 21 heavy (non-hydrogen) atoms. The Hall–Kier alpha value is -1.72. The maximum absolute atomic E-state index is 12.2. The van der Waals surface area contributed by atoms with Crippen LogP contribution in [0.1, 0.15) is 17.5 Å². The van der Waals surface area contributed by atoms with E-state index in [0.717, 1.165) is 20.8 Å². The summed E-state index contributed by atoms with van der Waals surface area (Å²) in [5, 5.41) is 0.940. The van der Waals surface area contributed by atoms with Crippen LogP contribution in [0.25, 0.3) is 10.2 Å². The number of rotatable bonds is 4. The smallest absolute Gasteiger partial charge is 0.178 e. The number of aromatic nitrogens is 1. The summed E-state index contributed by atoms with van der Waals surface area (Å²) < 4.78 is 25.5. The number of benzene rings is 2. The summed E-state index contributed by atoms with van der Waals surface area (Å²) in [6, 6.07) is 15.1. The molecule has 0 saturated heterocycles. The van der Waals surface area contributed by atoms with Crippen LogP contribution in [-0.2, 0) is 16.3 Å². The van der Waals surface area contributed by atoms with Crippen LogP contribution in [0, 0.1) is 0 Å². The van der Waals surface area contributed by atoms with E-state index < -0.39 is 9.84 Å². The monoisotopic (exact) mass is 317 g/mol. The highest BCUT2D eigenvalue weighted by atomic mass is 32.2. The van der Waals surface area contributed by atoms with Gasteiger partial charge < -0.3 is 0 Å². The Morgan fingerprint density at radius 1 is 1.05 bits per heavy atom. The highest BCUT2D eigenvalue weighted by Gasteiger charge is 2.17. The minimum atomic E-state index is -3.20. The van der Waals surface area contributed by atoms with E-state index in [9.17, 15) is 8.42 Å². The highest BCUT2D eigenvalue weighted by Crippen LogP contribution is 2.26. The Bertz CT molecular complexity index is 849. The van der Waals surface area contributed by atoms with E-state index in [1.807, 2.05) is 36.4 Å². The van der Waals surface area contributed by atoms with E-state index in [1.54, 1.807) is 30.4 Å². The first kappa shape index (κ1) is 14.2. The van der Waals surface area contributed by atoms with Gasteiger partial charge in [0.15, 0.2) is 9.84 Å². The molecule has 0 aliphatic carbocycles. The van der Waals surface area contributed by atoms with Crippen molar-refractivity contribution in [3.63, 3.8) is 0 Å². The van der Waals surface area contributed by atoms with Crippen molar-refractivity contribution in [1.29, 1.82) is 0 Å². The third-order valence-electron chi connectivity index (χ3n) is 3.37. The number of thiazole rings is 1. The molecule has 0 aliphatic heterocycles. The first-order valence-corrected chi connectivity index (χ1v) is 9.22. The van der Waals surface area contributed by atoms with Crippen molar-refractivity contribution in [3.05, 3.63) is 59.1 Å². The van der Waals surface area contributed by atoms with E-state index in [4.69, 9.17) is 0 Å². The zero-order valence-electron chi connectivity index (χ0n) is 11.6. The lowest BCUT2D eigenvalue weighted by Gasteiger charge is -2.07. The summed E-state index contributed by atoms with van der Waals surface area (Å²) in [6.07, 6.45) is 0.550. The lowest BCUT2D eigenvalue weighted by Crippen LogP contribution is -2.07. The highest BCUT2D eigenvalue weighted by molar-refractivity contribution is 7.91. The molecule has 108 valence electrons. The summed E-state index contributed by atoms with van der Waals surface area (Å²) in [6.45, 7) is 1.67. The minimum absolute atomic E-state index is 0.115. The molecule has 0 unspecified atom stereocenters. The van der Waals surface area contributed by atoms with E-state index in [1.165, 1.54) is 0 Å². The second kappa shape index (κ2) is 5.58. The number of sulfone groups is 1. The van der Waals surface area contributed by atoms with Crippen LogP contribution in [0.4, 0.5) is 0 Å². The van der Waals surface area contributed by atoms with Gasteiger partial charge in [0.1, 0.15) is 0 Å². The van der Waals surface area contributed by atoms with Gasteiger partial charge >= 0.3 is 0 Å². The van der Waals surface area contributed by atoms with Crippen LogP contribution in [0.3, 0.4) is 0 Å². The third kappa shape index (κ3) is 2.84. The van der Waals surface area contributed by atoms with E-state index in [2.05, 4.69) is 4.98 Å². The molecule has 0 spiro atoms. The Kier molecular flexibility index (Phi) is 3.78. The average molecular weight is 317 g/mol. The quantitative estimate of drug-likeness (QED) is 0.737. The van der Waals surface area contributed by atoms with Crippen LogP contribution >= 0.6 is 11.3 Å². The minimum Gasteiger partial charge on any atom is -0.241 e. The zero-order valence-corrected chi connectivity index (χ0v) is 13.2. The standard InChI is InChI=1S/C16H15NO2S2/c1-2-21(18,19)15-10-6-3-7-12(15)11-16-17-13-8-4-5-9-14(13)20-16/h3-10H,2,11H2,1H3. The lowest BCUT2D eigenvalue weighted by atomic mass is 10.1. The SMILES string of the molecule is CCS(=O)(=O)c1ccccc1Cc1nc2ccccc2s1. The Balaban J connectivity index is 2.02. The van der Waals surface area contributed by atoms with Crippen LogP contribution in [-0.4, -0.2) is 19.2 Å². The molecular weight excluding hydrogens is 302 g/mol. The van der Waals surface area contributed by atoms with E-state index in [-0.39, 0.29) is 5.75 Å². The molecule has 0 atom stereocenters. The van der Waals surface area contributed by atoms with Crippen LogP contribution in [0.5, 0.6) is 0 Å². The molecule has 0 N–H and O–H groups in total. The number of fused-ring (bicyclic) bond motifs is 1. The normalized spacial score (nSPS) is 11.9. The predicted octanol–water partition coefficient (Wildman–Crippen LogP) is 3.68. The van der Waals surface area contributed by atoms with Crippen LogP contribution < -0.4 is 0 Å². The summed E-state index contributed by atoms with van der Waals surface area (Å²) in [7, 11) is -3.20. The third-order valence-corrected chi connectivity index (χ3v) is 6.23. The van der Waals surface area contributed by atoms with Crippen LogP contribution in [0.2, 0.25) is 0 Å². The summed E-state index contributed by atoms with van der Waals surface area (Å²) in [4.78, 5) is 5.00. The van der Waals surface area contributed by atoms with Gasteiger partial charge in [-0.15, -0.1) is 11.3 Å². The molecule has 0 radical (unpaired) electrons. The maximum atomic E-state index is 12.2. The molecule has 0 aliphatic rings. The average Bonchev–Trinajstić information content (AvgIpc) is 2.90. The number of hydrogen-bond acceptors (Lipinski definition) is 4. The summed E-state index contributed by atoms with van der Waals surface area (Å²) >= 11 is 1.61. The van der Waals surface area contributed by atoms with Gasteiger partial charge in [0.25, 0.3) is 0 Å². The van der Waals surface area contributed by atoms with Crippen molar-refractivity contribution in [2.75, 3.05) is 5.75 Å². The topological polar surface area (TPSA) is 47.0 Å². The van der Waals surface area contributed by atoms with Crippen molar-refractivity contribution >= 4 is 31.4 Å². The molecule has 3 nitrogen and oxygen atoms in total. The van der Waals surface area contributed by atoms with E-state index >= 15 is 0 Å². The second-order valence-corrected chi connectivity index (χ2v) is 8.13. The van der Waals surface area contributed by atoms with Gasteiger partial charge in [-0.2, -0.15) is 0 Å². The molecule has 3 aromatic rings. The number of para-hydroxylation sites is 1. The van der Waals surface area contributed by atoms with Crippen molar-refractivity contribution in [2.45, 2.75) is 18.2 Å². The van der Waals surface area contributed by atoms with Gasteiger partial charge in [0.05, 0.1) is 25.9 Å². The van der Waals surface area contributed by atoms with E-state index in [0.29, 0.717) is 11.3 Å². The van der Waals surface area contributed by atoms with Crippen molar-refractivity contribution < 1.29 is 8.42 Å². The Labute approximate surface area is 128 Å². The van der Waals surface area contributed by atoms with Gasteiger partial charge in [-0.25, -0.2) is 13.4 Å². The number of hydrogen-bond donors (Lipinski definition) is 0. The predicted molar refractivity (Wildman–Crippen MR) is 86.6 cm³/mol. The fraction of sp³-hybridized carbons (Fsp3) is 0.188. The van der Waals surface area contributed by atoms with Gasteiger partial charge in [-0.05, 0) is 23.8 Å². The number of nitrogens with zero attached hydrogens (tertiary/aromatic N) is 1. The second-order valence-electron chi connectivity index (χ2n) is 4.76. The maximum Gasteiger partial charge on any atom is 0.178 e. The molecule has 0 bridgehead atoms. The first-order valence-electron chi connectivity index (χ1n) is 6.75. The van der Waals surface area contributed by atoms with Crippen molar-refractivity contribution in [1.82, 2.24) is 4.98 Å². The molecular formula is C16H15NO2S2. The molecule has 2 aromatic carbocycles. The molecule has 1 aromatic heterocycles. The lowest BCUT2D eigenvalue weighted by molar-refractivity contribution is 0.596. The van der Waals surface area contributed by atoms with Crippen LogP contribution in [0.15, 0.2) is 53.4 Å². The molecule has 3 rings (SSSR count). The summed E-state index contributed by atoms with van der Waals surface area (Å²) in [5.74, 6) is 0.115. The molecule has 5 heteroatoms. The first-order chi connectivity index (χ1) is 10.1. The summed E-state index contributed by atoms with van der Waals surface area (Å²) in [5.41, 5.74) is 1.78. The van der Waals surface area contributed by atoms with Gasteiger partial charge in [-0.3, -0.25) is 0 Å². The largest absolute Gasteiger partial charge is 0.241 e. The molecule has 1 heterocycles. The van der Waals surface area contributed by atoms with Crippen molar-refractivity contribution in [2.24, 2.45) is 0 Å². The fourth-order valence-corrected chi connectivity index (χ4v) is 4.39. The molecule has 0 saturated carbocycles. The van der Waals surface area contributed by atoms with Crippen molar-refractivity contribution in [3.8, 4) is 0 Å². The Morgan fingerprint density at radius 2 is 1.76 bits per heavy atom. The van der Waals surface area contributed by atoms with Gasteiger partial charge in [0, 0.05) is 6.42 Å². The Morgan fingerprint density at radius 3 is 2.52 bits per heavy atom. The fourth-order valence-electron chi connectivity index (χ4n) is 2.27. The molecule has 0 fully saturated rings. The van der Waals surface area contributed by atoms with Gasteiger partial charge in [-0.1, -0.05) is 37.3 Å². The molecule has 0 amide bonds.